The van der Waals surface area contributed by atoms with Gasteiger partial charge in [0.15, 0.2) is 5.82 Å². The molecule has 1 aromatic heterocycles. The number of halogens is 4. The van der Waals surface area contributed by atoms with Crippen molar-refractivity contribution in [3.8, 4) is 5.75 Å². The van der Waals surface area contributed by atoms with Crippen LogP contribution in [-0.4, -0.2) is 30.6 Å². The van der Waals surface area contributed by atoms with Crippen molar-refractivity contribution in [3.05, 3.63) is 42.1 Å². The topological polar surface area (TPSA) is 86.5 Å². The van der Waals surface area contributed by atoms with Crippen molar-refractivity contribution in [3.63, 3.8) is 0 Å². The van der Waals surface area contributed by atoms with Gasteiger partial charge in [-0.2, -0.15) is 17.6 Å². The first-order valence-electron chi connectivity index (χ1n) is 6.79. The number of nitrogens with one attached hydrogen (secondary N) is 1. The van der Waals surface area contributed by atoms with Crippen LogP contribution in [-0.2, 0) is 4.74 Å². The van der Waals surface area contributed by atoms with Crippen molar-refractivity contribution in [2.24, 2.45) is 0 Å². The highest BCUT2D eigenvalue weighted by atomic mass is 19.3. The standard InChI is InChI=1S/C15H13F4N3O3/c1-24-13(23)8-5-11(20)12(21-7-8)22-9-3-2-4-10(6-9)25-15(18,19)14(16)17/h2-7,14H,20H2,1H3,(H,21,22). The molecule has 10 heteroatoms. The number of hydrogen-bond acceptors (Lipinski definition) is 6. The van der Waals surface area contributed by atoms with Gasteiger partial charge in [0.2, 0.25) is 0 Å². The number of pyridine rings is 1. The van der Waals surface area contributed by atoms with E-state index >= 15 is 0 Å². The number of rotatable bonds is 6. The first kappa shape index (κ1) is 18.3. The van der Waals surface area contributed by atoms with E-state index in [9.17, 15) is 22.4 Å². The summed E-state index contributed by atoms with van der Waals surface area (Å²) in [6, 6.07) is 6.26. The van der Waals surface area contributed by atoms with Crippen LogP contribution >= 0.6 is 0 Å². The minimum Gasteiger partial charge on any atom is -0.465 e. The molecular formula is C15H13F4N3O3. The Morgan fingerprint density at radius 2 is 2.04 bits per heavy atom. The molecule has 0 radical (unpaired) electrons. The lowest BCUT2D eigenvalue weighted by Crippen LogP contribution is -2.33. The first-order valence-corrected chi connectivity index (χ1v) is 6.79. The van der Waals surface area contributed by atoms with Gasteiger partial charge in [-0.3, -0.25) is 0 Å². The molecule has 2 rings (SSSR count). The fraction of sp³-hybridized carbons (Fsp3) is 0.200. The Bertz CT molecular complexity index is 771. The van der Waals surface area contributed by atoms with Crippen molar-refractivity contribution in [2.45, 2.75) is 12.5 Å². The second kappa shape index (κ2) is 7.24. The zero-order valence-corrected chi connectivity index (χ0v) is 12.8. The summed E-state index contributed by atoms with van der Waals surface area (Å²) in [5.74, 6) is -0.971. The number of esters is 1. The van der Waals surface area contributed by atoms with Crippen molar-refractivity contribution < 1.29 is 31.8 Å². The minimum absolute atomic E-state index is 0.0899. The third-order valence-corrected chi connectivity index (χ3v) is 2.94. The maximum absolute atomic E-state index is 12.9. The first-order chi connectivity index (χ1) is 11.7. The molecule has 0 aliphatic heterocycles. The number of methoxy groups -OCH3 is 1. The van der Waals surface area contributed by atoms with E-state index in [1.165, 1.54) is 31.5 Å². The van der Waals surface area contributed by atoms with Gasteiger partial charge in [0.1, 0.15) is 5.75 Å². The number of carbonyl (C=O) groups is 1. The van der Waals surface area contributed by atoms with E-state index in [-0.39, 0.29) is 22.8 Å². The van der Waals surface area contributed by atoms with Gasteiger partial charge >= 0.3 is 18.5 Å². The summed E-state index contributed by atoms with van der Waals surface area (Å²) < 4.78 is 58.8. The van der Waals surface area contributed by atoms with Crippen molar-refractivity contribution in [1.29, 1.82) is 0 Å². The third kappa shape index (κ3) is 4.49. The molecule has 0 spiro atoms. The lowest BCUT2D eigenvalue weighted by atomic mass is 10.2. The van der Waals surface area contributed by atoms with Gasteiger partial charge in [0.05, 0.1) is 18.4 Å². The number of aromatic nitrogens is 1. The minimum atomic E-state index is -4.61. The number of nitrogens with zero attached hydrogens (tertiary/aromatic N) is 1. The highest BCUT2D eigenvalue weighted by Gasteiger charge is 2.43. The molecule has 6 nitrogen and oxygen atoms in total. The summed E-state index contributed by atoms with van der Waals surface area (Å²) in [6.45, 7) is 0. The average molecular weight is 359 g/mol. The molecule has 134 valence electrons. The number of ether oxygens (including phenoxy) is 2. The molecule has 0 aliphatic carbocycles. The van der Waals surface area contributed by atoms with Gasteiger partial charge in [-0.1, -0.05) is 6.07 Å². The lowest BCUT2D eigenvalue weighted by molar-refractivity contribution is -0.253. The Morgan fingerprint density at radius 1 is 1.32 bits per heavy atom. The molecule has 0 aliphatic rings. The van der Waals surface area contributed by atoms with E-state index in [2.05, 4.69) is 19.8 Å². The average Bonchev–Trinajstić information content (AvgIpc) is 2.55. The molecule has 0 unspecified atom stereocenters. The van der Waals surface area contributed by atoms with Crippen LogP contribution < -0.4 is 15.8 Å². The summed E-state index contributed by atoms with van der Waals surface area (Å²) in [6.07, 6.45) is -7.37. The molecular weight excluding hydrogens is 346 g/mol. The molecule has 3 N–H and O–H groups in total. The number of nitrogens with two attached hydrogens (primary N) is 1. The van der Waals surface area contributed by atoms with Crippen LogP contribution in [0.15, 0.2) is 36.5 Å². The van der Waals surface area contributed by atoms with E-state index in [1.807, 2.05) is 0 Å². The molecule has 2 aromatic rings. The number of benzene rings is 1. The smallest absolute Gasteiger partial charge is 0.461 e. The fourth-order valence-corrected chi connectivity index (χ4v) is 1.79. The van der Waals surface area contributed by atoms with Gasteiger partial charge in [-0.25, -0.2) is 9.78 Å². The summed E-state index contributed by atoms with van der Waals surface area (Å²) in [4.78, 5) is 15.3. The van der Waals surface area contributed by atoms with Gasteiger partial charge < -0.3 is 20.5 Å². The molecule has 0 saturated carbocycles. The number of hydrogen-bond donors (Lipinski definition) is 2. The number of anilines is 3. The quantitative estimate of drug-likeness (QED) is 0.607. The number of carbonyl (C=O) groups excluding carboxylic acids is 1. The van der Waals surface area contributed by atoms with Crippen molar-refractivity contribution in [1.82, 2.24) is 4.98 Å². The SMILES string of the molecule is COC(=O)c1cnc(Nc2cccc(OC(F)(F)C(F)F)c2)c(N)c1. The fourth-order valence-electron chi connectivity index (χ4n) is 1.79. The van der Waals surface area contributed by atoms with E-state index in [4.69, 9.17) is 5.73 Å². The monoisotopic (exact) mass is 359 g/mol. The normalized spacial score (nSPS) is 11.3. The molecule has 1 heterocycles. The molecule has 0 atom stereocenters. The predicted octanol–water partition coefficient (Wildman–Crippen LogP) is 3.43. The van der Waals surface area contributed by atoms with Crippen LogP contribution in [0.4, 0.5) is 34.8 Å². The highest BCUT2D eigenvalue weighted by Crippen LogP contribution is 2.30. The van der Waals surface area contributed by atoms with Crippen LogP contribution in [0.3, 0.4) is 0 Å². The number of alkyl halides is 4. The molecule has 0 saturated heterocycles. The van der Waals surface area contributed by atoms with E-state index in [1.54, 1.807) is 0 Å². The third-order valence-electron chi connectivity index (χ3n) is 2.94. The van der Waals surface area contributed by atoms with Crippen molar-refractivity contribution >= 4 is 23.2 Å². The lowest BCUT2D eigenvalue weighted by Gasteiger charge is -2.17. The zero-order chi connectivity index (χ0) is 18.6. The zero-order valence-electron chi connectivity index (χ0n) is 12.8. The Hall–Kier alpha value is -3.04. The molecule has 25 heavy (non-hydrogen) atoms. The van der Waals surface area contributed by atoms with Gasteiger partial charge in [0, 0.05) is 18.0 Å². The van der Waals surface area contributed by atoms with Gasteiger partial charge in [0.25, 0.3) is 0 Å². The van der Waals surface area contributed by atoms with Gasteiger partial charge in [-0.05, 0) is 18.2 Å². The van der Waals surface area contributed by atoms with Crippen molar-refractivity contribution in [2.75, 3.05) is 18.2 Å². The van der Waals surface area contributed by atoms with E-state index in [0.29, 0.717) is 0 Å². The summed E-state index contributed by atoms with van der Waals surface area (Å²) >= 11 is 0. The van der Waals surface area contributed by atoms with E-state index in [0.717, 1.165) is 12.1 Å². The number of nitrogen functional groups attached to an aromatic ring is 1. The highest BCUT2D eigenvalue weighted by molar-refractivity contribution is 5.91. The largest absolute Gasteiger partial charge is 0.465 e. The van der Waals surface area contributed by atoms with Crippen LogP contribution in [0.1, 0.15) is 10.4 Å². The second-order valence-electron chi connectivity index (χ2n) is 4.77. The Balaban J connectivity index is 2.18. The van der Waals surface area contributed by atoms with Gasteiger partial charge in [-0.15, -0.1) is 0 Å². The van der Waals surface area contributed by atoms with E-state index < -0.39 is 24.3 Å². The summed E-state index contributed by atoms with van der Waals surface area (Å²) in [5, 5.41) is 2.71. The molecule has 1 aromatic carbocycles. The Labute approximate surface area is 139 Å². The van der Waals surface area contributed by atoms with Crippen LogP contribution in [0.25, 0.3) is 0 Å². The van der Waals surface area contributed by atoms with Crippen LogP contribution in [0.5, 0.6) is 5.75 Å². The Morgan fingerprint density at radius 3 is 2.64 bits per heavy atom. The molecule has 0 amide bonds. The molecule has 0 fully saturated rings. The summed E-state index contributed by atoms with van der Waals surface area (Å²) in [5.41, 5.74) is 6.19. The molecule has 0 bridgehead atoms. The summed E-state index contributed by atoms with van der Waals surface area (Å²) in [7, 11) is 1.20. The maximum atomic E-state index is 12.9. The predicted molar refractivity (Wildman–Crippen MR) is 81.3 cm³/mol. The van der Waals surface area contributed by atoms with Crippen LogP contribution in [0, 0.1) is 0 Å². The maximum Gasteiger partial charge on any atom is 0.461 e. The van der Waals surface area contributed by atoms with Crippen LogP contribution in [0.2, 0.25) is 0 Å². The Kier molecular flexibility index (Phi) is 5.30. The second-order valence-corrected chi connectivity index (χ2v) is 4.77.